The SMILES string of the molecule is COc1ccccc1Nc1cc(C)nc2c(C)cc(C)cc12.Cl. The van der Waals surface area contributed by atoms with Gasteiger partial charge >= 0.3 is 0 Å². The molecule has 1 heterocycles. The third-order valence-electron chi connectivity index (χ3n) is 3.75. The van der Waals surface area contributed by atoms with Gasteiger partial charge in [0.2, 0.25) is 0 Å². The third kappa shape index (κ3) is 3.40. The highest BCUT2D eigenvalue weighted by atomic mass is 35.5. The largest absolute Gasteiger partial charge is 0.495 e. The molecule has 4 heteroatoms. The smallest absolute Gasteiger partial charge is 0.142 e. The van der Waals surface area contributed by atoms with E-state index in [1.165, 1.54) is 11.1 Å². The van der Waals surface area contributed by atoms with Gasteiger partial charge in [-0.15, -0.1) is 12.4 Å². The first-order chi connectivity index (χ1) is 10.6. The predicted molar refractivity (Wildman–Crippen MR) is 99.5 cm³/mol. The van der Waals surface area contributed by atoms with Crippen molar-refractivity contribution in [3.05, 3.63) is 59.3 Å². The maximum Gasteiger partial charge on any atom is 0.142 e. The molecule has 0 aliphatic carbocycles. The van der Waals surface area contributed by atoms with Gasteiger partial charge in [0.15, 0.2) is 0 Å². The molecule has 3 nitrogen and oxygen atoms in total. The zero-order valence-electron chi connectivity index (χ0n) is 13.8. The van der Waals surface area contributed by atoms with Gasteiger partial charge in [0.05, 0.1) is 18.3 Å². The summed E-state index contributed by atoms with van der Waals surface area (Å²) >= 11 is 0. The minimum absolute atomic E-state index is 0. The number of hydrogen-bond acceptors (Lipinski definition) is 3. The number of halogens is 1. The van der Waals surface area contributed by atoms with Crippen molar-refractivity contribution in [1.82, 2.24) is 4.98 Å². The topological polar surface area (TPSA) is 34.1 Å². The standard InChI is InChI=1S/C19H20N2O.ClH/c1-12-9-13(2)19-15(10-12)17(11-14(3)20-19)21-16-7-5-6-8-18(16)22-4;/h5-11H,1-4H3,(H,20,21);1H. The quantitative estimate of drug-likeness (QED) is 0.705. The first kappa shape index (κ1) is 17.1. The lowest BCUT2D eigenvalue weighted by atomic mass is 10.0. The molecule has 0 unspecified atom stereocenters. The molecule has 0 fully saturated rings. The molecule has 0 saturated heterocycles. The number of aryl methyl sites for hydroxylation is 3. The van der Waals surface area contributed by atoms with Crippen LogP contribution >= 0.6 is 12.4 Å². The fraction of sp³-hybridized carbons (Fsp3) is 0.211. The molecule has 0 saturated carbocycles. The molecule has 0 atom stereocenters. The average molecular weight is 329 g/mol. The molecule has 0 bridgehead atoms. The predicted octanol–water partition coefficient (Wildman–Crippen LogP) is 5.33. The van der Waals surface area contributed by atoms with E-state index >= 15 is 0 Å². The minimum Gasteiger partial charge on any atom is -0.495 e. The molecule has 0 spiro atoms. The van der Waals surface area contributed by atoms with Gasteiger partial charge in [-0.3, -0.25) is 4.98 Å². The van der Waals surface area contributed by atoms with Gasteiger partial charge in [-0.05, 0) is 50.6 Å². The maximum absolute atomic E-state index is 5.43. The highest BCUT2D eigenvalue weighted by Crippen LogP contribution is 2.32. The summed E-state index contributed by atoms with van der Waals surface area (Å²) < 4.78 is 5.43. The molecular formula is C19H21ClN2O. The van der Waals surface area contributed by atoms with E-state index in [1.54, 1.807) is 7.11 Å². The second-order valence-corrected chi connectivity index (χ2v) is 5.61. The van der Waals surface area contributed by atoms with E-state index in [0.29, 0.717) is 0 Å². The number of hydrogen-bond donors (Lipinski definition) is 1. The summed E-state index contributed by atoms with van der Waals surface area (Å²) in [7, 11) is 1.69. The lowest BCUT2D eigenvalue weighted by Crippen LogP contribution is -1.98. The van der Waals surface area contributed by atoms with Gasteiger partial charge in [-0.1, -0.05) is 23.8 Å². The molecule has 0 radical (unpaired) electrons. The highest BCUT2D eigenvalue weighted by Gasteiger charge is 2.09. The molecule has 1 N–H and O–H groups in total. The van der Waals surface area contributed by atoms with Crippen LogP contribution in [0, 0.1) is 20.8 Å². The van der Waals surface area contributed by atoms with Crippen molar-refractivity contribution in [2.45, 2.75) is 20.8 Å². The van der Waals surface area contributed by atoms with Gasteiger partial charge in [0.25, 0.3) is 0 Å². The monoisotopic (exact) mass is 328 g/mol. The molecular weight excluding hydrogens is 308 g/mol. The molecule has 120 valence electrons. The van der Waals surface area contributed by atoms with Crippen LogP contribution in [0.2, 0.25) is 0 Å². The Kier molecular flexibility index (Phi) is 5.12. The van der Waals surface area contributed by atoms with Gasteiger partial charge in [-0.2, -0.15) is 0 Å². The number of ether oxygens (including phenoxy) is 1. The zero-order valence-corrected chi connectivity index (χ0v) is 14.6. The van der Waals surface area contributed by atoms with E-state index in [1.807, 2.05) is 31.2 Å². The Hall–Kier alpha value is -2.26. The number of nitrogens with zero attached hydrogens (tertiary/aromatic N) is 1. The number of rotatable bonds is 3. The van der Waals surface area contributed by atoms with Crippen LogP contribution in [0.3, 0.4) is 0 Å². The summed E-state index contributed by atoms with van der Waals surface area (Å²) in [6.45, 7) is 6.24. The summed E-state index contributed by atoms with van der Waals surface area (Å²) in [6, 6.07) is 14.4. The number of benzene rings is 2. The lowest BCUT2D eigenvalue weighted by molar-refractivity contribution is 0.417. The Morgan fingerprint density at radius 1 is 0.957 bits per heavy atom. The summed E-state index contributed by atoms with van der Waals surface area (Å²) in [5, 5.41) is 4.63. The van der Waals surface area contributed by atoms with Crippen LogP contribution in [-0.2, 0) is 0 Å². The van der Waals surface area contributed by atoms with E-state index in [-0.39, 0.29) is 12.4 Å². The Morgan fingerprint density at radius 3 is 2.43 bits per heavy atom. The van der Waals surface area contributed by atoms with Gasteiger partial charge in [-0.25, -0.2) is 0 Å². The Labute approximate surface area is 143 Å². The van der Waals surface area contributed by atoms with Crippen LogP contribution in [0.4, 0.5) is 11.4 Å². The van der Waals surface area contributed by atoms with Crippen molar-refractivity contribution >= 4 is 34.7 Å². The van der Waals surface area contributed by atoms with Crippen molar-refractivity contribution in [1.29, 1.82) is 0 Å². The van der Waals surface area contributed by atoms with Crippen LogP contribution < -0.4 is 10.1 Å². The molecule has 3 aromatic rings. The normalized spacial score (nSPS) is 10.3. The number of nitrogens with one attached hydrogen (secondary N) is 1. The Morgan fingerprint density at radius 2 is 1.70 bits per heavy atom. The minimum atomic E-state index is 0. The van der Waals surface area contributed by atoms with E-state index in [2.05, 4.69) is 42.3 Å². The number of pyridine rings is 1. The second kappa shape index (κ2) is 6.88. The zero-order chi connectivity index (χ0) is 15.7. The summed E-state index contributed by atoms with van der Waals surface area (Å²) in [5.41, 5.74) is 6.48. The van der Waals surface area contributed by atoms with E-state index in [9.17, 15) is 0 Å². The Bertz CT molecular complexity index is 846. The number of fused-ring (bicyclic) bond motifs is 1. The average Bonchev–Trinajstić information content (AvgIpc) is 2.49. The van der Waals surface area contributed by atoms with E-state index in [4.69, 9.17) is 4.74 Å². The molecule has 3 rings (SSSR count). The number of para-hydroxylation sites is 2. The van der Waals surface area contributed by atoms with Crippen LogP contribution in [0.25, 0.3) is 10.9 Å². The van der Waals surface area contributed by atoms with Crippen molar-refractivity contribution in [3.63, 3.8) is 0 Å². The fourth-order valence-electron chi connectivity index (χ4n) is 2.81. The van der Waals surface area contributed by atoms with Crippen molar-refractivity contribution in [2.75, 3.05) is 12.4 Å². The van der Waals surface area contributed by atoms with E-state index < -0.39 is 0 Å². The van der Waals surface area contributed by atoms with Crippen LogP contribution in [0.5, 0.6) is 5.75 Å². The highest BCUT2D eigenvalue weighted by molar-refractivity contribution is 5.95. The van der Waals surface area contributed by atoms with Crippen LogP contribution in [0.1, 0.15) is 16.8 Å². The number of methoxy groups -OCH3 is 1. The molecule has 0 amide bonds. The summed E-state index contributed by atoms with van der Waals surface area (Å²) in [4.78, 5) is 4.69. The van der Waals surface area contributed by atoms with Crippen LogP contribution in [-0.4, -0.2) is 12.1 Å². The molecule has 0 aliphatic rings. The lowest BCUT2D eigenvalue weighted by Gasteiger charge is -2.15. The van der Waals surface area contributed by atoms with Gasteiger partial charge < -0.3 is 10.1 Å². The van der Waals surface area contributed by atoms with E-state index in [0.717, 1.165) is 33.7 Å². The van der Waals surface area contributed by atoms with Gasteiger partial charge in [0.1, 0.15) is 5.75 Å². The molecule has 23 heavy (non-hydrogen) atoms. The maximum atomic E-state index is 5.43. The van der Waals surface area contributed by atoms with Crippen LogP contribution in [0.15, 0.2) is 42.5 Å². The van der Waals surface area contributed by atoms with Gasteiger partial charge in [0, 0.05) is 16.8 Å². The third-order valence-corrected chi connectivity index (χ3v) is 3.75. The first-order valence-corrected chi connectivity index (χ1v) is 7.37. The van der Waals surface area contributed by atoms with Crippen molar-refractivity contribution in [3.8, 4) is 5.75 Å². The first-order valence-electron chi connectivity index (χ1n) is 7.37. The summed E-state index contributed by atoms with van der Waals surface area (Å²) in [5.74, 6) is 0.828. The Balaban J connectivity index is 0.00000192. The van der Waals surface area contributed by atoms with Crippen molar-refractivity contribution in [2.24, 2.45) is 0 Å². The fourth-order valence-corrected chi connectivity index (χ4v) is 2.81. The molecule has 1 aromatic heterocycles. The molecule has 0 aliphatic heterocycles. The second-order valence-electron chi connectivity index (χ2n) is 5.61. The number of aromatic nitrogens is 1. The summed E-state index contributed by atoms with van der Waals surface area (Å²) in [6.07, 6.45) is 0. The van der Waals surface area contributed by atoms with Crippen molar-refractivity contribution < 1.29 is 4.74 Å². The molecule has 2 aromatic carbocycles. The number of anilines is 2.